The molecule has 0 heterocycles. The van der Waals surface area contributed by atoms with Gasteiger partial charge in [-0.2, -0.15) is 0 Å². The summed E-state index contributed by atoms with van der Waals surface area (Å²) in [5.74, 6) is -0.0477. The van der Waals surface area contributed by atoms with Crippen molar-refractivity contribution in [3.63, 3.8) is 0 Å². The van der Waals surface area contributed by atoms with E-state index in [9.17, 15) is 0 Å². The van der Waals surface area contributed by atoms with Crippen LogP contribution in [0.1, 0.15) is 0 Å². The molecule has 1 atom stereocenters. The average Bonchev–Trinajstić information content (AvgIpc) is 1.67. The molecule has 0 spiro atoms. The van der Waals surface area contributed by atoms with Crippen LogP contribution in [0.25, 0.3) is 0 Å². The maximum atomic E-state index is 6.77. The Kier molecular flexibility index (Phi) is 3.56. The molecular formula is C4H9ClN2O. The van der Waals surface area contributed by atoms with Gasteiger partial charge in [0, 0.05) is 7.11 Å². The molecule has 0 aliphatic rings. The van der Waals surface area contributed by atoms with E-state index in [4.69, 9.17) is 22.7 Å². The van der Waals surface area contributed by atoms with Crippen LogP contribution in [0.15, 0.2) is 0 Å². The van der Waals surface area contributed by atoms with Crippen molar-refractivity contribution in [2.24, 2.45) is 5.73 Å². The summed E-state index contributed by atoms with van der Waals surface area (Å²) >= 11 is 5.44. The summed E-state index contributed by atoms with van der Waals surface area (Å²) in [6.07, 6.45) is 0. The maximum absolute atomic E-state index is 6.77. The van der Waals surface area contributed by atoms with E-state index < -0.39 is 5.38 Å². The SMILES string of the molecule is COC[C@@H](Cl)C(=N)N. The van der Waals surface area contributed by atoms with Gasteiger partial charge in [0.1, 0.15) is 11.2 Å². The van der Waals surface area contributed by atoms with Crippen molar-refractivity contribution in [1.29, 1.82) is 5.41 Å². The zero-order chi connectivity index (χ0) is 6.57. The molecule has 0 amide bonds. The number of nitrogens with two attached hydrogens (primary N) is 1. The summed E-state index contributed by atoms with van der Waals surface area (Å²) in [5.41, 5.74) is 4.99. The molecule has 0 fully saturated rings. The first-order chi connectivity index (χ1) is 3.68. The quantitative estimate of drug-likeness (QED) is 0.330. The second-order valence-corrected chi connectivity index (χ2v) is 1.91. The Morgan fingerprint density at radius 2 is 2.50 bits per heavy atom. The molecule has 0 radical (unpaired) electrons. The highest BCUT2D eigenvalue weighted by Crippen LogP contribution is 1.92. The predicted octanol–water partition coefficient (Wildman–Crippen LogP) is 0.176. The molecule has 0 unspecified atom stereocenters. The van der Waals surface area contributed by atoms with Crippen molar-refractivity contribution < 1.29 is 4.74 Å². The molecule has 0 aromatic rings. The first-order valence-electron chi connectivity index (χ1n) is 2.15. The van der Waals surface area contributed by atoms with Gasteiger partial charge in [-0.25, -0.2) is 0 Å². The summed E-state index contributed by atoms with van der Waals surface area (Å²) < 4.78 is 4.61. The molecule has 0 aliphatic heterocycles. The monoisotopic (exact) mass is 136 g/mol. The van der Waals surface area contributed by atoms with Crippen LogP contribution >= 0.6 is 11.6 Å². The van der Waals surface area contributed by atoms with Gasteiger partial charge in [-0.05, 0) is 0 Å². The van der Waals surface area contributed by atoms with Crippen LogP contribution in [-0.4, -0.2) is 24.9 Å². The van der Waals surface area contributed by atoms with E-state index in [1.54, 1.807) is 0 Å². The van der Waals surface area contributed by atoms with Gasteiger partial charge in [-0.15, -0.1) is 11.6 Å². The van der Waals surface area contributed by atoms with E-state index in [2.05, 4.69) is 4.74 Å². The lowest BCUT2D eigenvalue weighted by Gasteiger charge is -2.03. The lowest BCUT2D eigenvalue weighted by Crippen LogP contribution is -2.26. The Morgan fingerprint density at radius 1 is 2.00 bits per heavy atom. The third-order valence-electron chi connectivity index (χ3n) is 0.650. The van der Waals surface area contributed by atoms with Gasteiger partial charge >= 0.3 is 0 Å². The Bertz CT molecular complexity index is 86.1. The normalized spacial score (nSPS) is 13.2. The minimum Gasteiger partial charge on any atom is -0.386 e. The number of nitrogens with one attached hydrogen (secondary N) is 1. The zero-order valence-electron chi connectivity index (χ0n) is 4.65. The fourth-order valence-electron chi connectivity index (χ4n) is 0.236. The van der Waals surface area contributed by atoms with Crippen molar-refractivity contribution in [3.05, 3.63) is 0 Å². The number of amidine groups is 1. The average molecular weight is 137 g/mol. The number of hydrogen-bond acceptors (Lipinski definition) is 2. The summed E-state index contributed by atoms with van der Waals surface area (Å²) in [5, 5.41) is 6.30. The van der Waals surface area contributed by atoms with Crippen molar-refractivity contribution in [1.82, 2.24) is 0 Å². The first kappa shape index (κ1) is 7.72. The van der Waals surface area contributed by atoms with Gasteiger partial charge in [0.25, 0.3) is 0 Å². The molecule has 0 aliphatic carbocycles. The van der Waals surface area contributed by atoms with Crippen molar-refractivity contribution >= 4 is 17.4 Å². The minimum atomic E-state index is -0.472. The highest BCUT2D eigenvalue weighted by Gasteiger charge is 2.04. The third-order valence-corrected chi connectivity index (χ3v) is 1.01. The lowest BCUT2D eigenvalue weighted by atomic mass is 10.4. The van der Waals surface area contributed by atoms with E-state index in [0.29, 0.717) is 6.61 Å². The van der Waals surface area contributed by atoms with E-state index in [1.807, 2.05) is 0 Å². The minimum absolute atomic E-state index is 0.0477. The van der Waals surface area contributed by atoms with E-state index >= 15 is 0 Å². The molecule has 3 N–H and O–H groups in total. The molecule has 48 valence electrons. The third kappa shape index (κ3) is 2.82. The van der Waals surface area contributed by atoms with Gasteiger partial charge in [0.2, 0.25) is 0 Å². The molecule has 0 aromatic heterocycles. The second-order valence-electron chi connectivity index (χ2n) is 1.38. The number of halogens is 1. The molecule has 0 rings (SSSR count). The van der Waals surface area contributed by atoms with Crippen LogP contribution in [0.3, 0.4) is 0 Å². The van der Waals surface area contributed by atoms with Crippen LogP contribution in [0, 0.1) is 5.41 Å². The Hall–Kier alpha value is -0.280. The Morgan fingerprint density at radius 3 is 2.62 bits per heavy atom. The fourth-order valence-corrected chi connectivity index (χ4v) is 0.362. The largest absolute Gasteiger partial charge is 0.386 e. The van der Waals surface area contributed by atoms with E-state index in [0.717, 1.165) is 0 Å². The standard InChI is InChI=1S/C4H9ClN2O/c1-8-2-3(5)4(6)7/h3H,2H2,1H3,(H3,6,7)/t3-/m1/s1. The van der Waals surface area contributed by atoms with Crippen LogP contribution < -0.4 is 5.73 Å². The summed E-state index contributed by atoms with van der Waals surface area (Å²) in [7, 11) is 1.51. The van der Waals surface area contributed by atoms with Crippen LogP contribution in [0.2, 0.25) is 0 Å². The number of alkyl halides is 1. The lowest BCUT2D eigenvalue weighted by molar-refractivity contribution is 0.209. The second kappa shape index (κ2) is 3.69. The van der Waals surface area contributed by atoms with Crippen molar-refractivity contribution in [2.45, 2.75) is 5.38 Å². The summed E-state index contributed by atoms with van der Waals surface area (Å²) in [6, 6.07) is 0. The van der Waals surface area contributed by atoms with Crippen LogP contribution in [0.5, 0.6) is 0 Å². The topological polar surface area (TPSA) is 59.1 Å². The molecule has 0 saturated carbocycles. The highest BCUT2D eigenvalue weighted by molar-refractivity contribution is 6.31. The molecule has 0 saturated heterocycles. The van der Waals surface area contributed by atoms with Gasteiger partial charge < -0.3 is 10.5 Å². The van der Waals surface area contributed by atoms with Crippen LogP contribution in [0.4, 0.5) is 0 Å². The van der Waals surface area contributed by atoms with Crippen molar-refractivity contribution in [3.8, 4) is 0 Å². The summed E-state index contributed by atoms with van der Waals surface area (Å²) in [6.45, 7) is 0.302. The maximum Gasteiger partial charge on any atom is 0.113 e. The van der Waals surface area contributed by atoms with Gasteiger partial charge in [-0.1, -0.05) is 0 Å². The predicted molar refractivity (Wildman–Crippen MR) is 33.4 cm³/mol. The number of rotatable bonds is 3. The van der Waals surface area contributed by atoms with E-state index in [-0.39, 0.29) is 5.84 Å². The molecule has 4 heteroatoms. The summed E-state index contributed by atoms with van der Waals surface area (Å²) in [4.78, 5) is 0. The van der Waals surface area contributed by atoms with Crippen molar-refractivity contribution in [2.75, 3.05) is 13.7 Å². The van der Waals surface area contributed by atoms with E-state index in [1.165, 1.54) is 7.11 Å². The van der Waals surface area contributed by atoms with Gasteiger partial charge in [0.15, 0.2) is 0 Å². The smallest absolute Gasteiger partial charge is 0.113 e. The first-order valence-corrected chi connectivity index (χ1v) is 2.59. The molecule has 3 nitrogen and oxygen atoms in total. The molecular weight excluding hydrogens is 128 g/mol. The Balaban J connectivity index is 3.32. The van der Waals surface area contributed by atoms with Gasteiger partial charge in [0.05, 0.1) is 6.61 Å². The molecule has 0 bridgehead atoms. The number of methoxy groups -OCH3 is 1. The van der Waals surface area contributed by atoms with Crippen LogP contribution in [-0.2, 0) is 4.74 Å². The molecule has 8 heavy (non-hydrogen) atoms. The Labute approximate surface area is 53.3 Å². The number of ether oxygens (including phenoxy) is 1. The highest BCUT2D eigenvalue weighted by atomic mass is 35.5. The zero-order valence-corrected chi connectivity index (χ0v) is 5.40. The van der Waals surface area contributed by atoms with Gasteiger partial charge in [-0.3, -0.25) is 5.41 Å². The molecule has 0 aromatic carbocycles. The fraction of sp³-hybridized carbons (Fsp3) is 0.750. The number of hydrogen-bond donors (Lipinski definition) is 2.